The summed E-state index contributed by atoms with van der Waals surface area (Å²) in [5, 5.41) is 3.17. The van der Waals surface area contributed by atoms with Crippen molar-refractivity contribution in [3.05, 3.63) is 34.3 Å². The van der Waals surface area contributed by atoms with E-state index in [9.17, 15) is 4.79 Å². The van der Waals surface area contributed by atoms with Gasteiger partial charge in [0.15, 0.2) is 0 Å². The Bertz CT molecular complexity index is 340. The van der Waals surface area contributed by atoms with Crippen molar-refractivity contribution in [2.75, 3.05) is 13.7 Å². The molecule has 0 bridgehead atoms. The van der Waals surface area contributed by atoms with Crippen molar-refractivity contribution in [3.63, 3.8) is 0 Å². The van der Waals surface area contributed by atoms with E-state index < -0.39 is 0 Å². The van der Waals surface area contributed by atoms with Gasteiger partial charge in [0.05, 0.1) is 7.11 Å². The fourth-order valence-electron chi connectivity index (χ4n) is 1.16. The minimum Gasteiger partial charge on any atom is -0.468 e. The van der Waals surface area contributed by atoms with Gasteiger partial charge in [-0.25, -0.2) is 0 Å². The minimum absolute atomic E-state index is 0.261. The van der Waals surface area contributed by atoms with E-state index in [1.165, 1.54) is 12.7 Å². The molecule has 0 amide bonds. The largest absolute Gasteiger partial charge is 0.468 e. The number of hydrogen-bond donors (Lipinski definition) is 1. The van der Waals surface area contributed by atoms with Crippen molar-refractivity contribution < 1.29 is 9.53 Å². The van der Waals surface area contributed by atoms with Crippen molar-refractivity contribution in [3.8, 4) is 0 Å². The molecule has 0 heterocycles. The zero-order valence-corrected chi connectivity index (χ0v) is 12.0. The summed E-state index contributed by atoms with van der Waals surface area (Å²) in [5.41, 5.74) is 1.17. The molecule has 1 aromatic rings. The van der Waals surface area contributed by atoms with Gasteiger partial charge in [-0.1, -0.05) is 44.0 Å². The molecular formula is C11H13Br2NO2. The van der Waals surface area contributed by atoms with E-state index in [1.807, 2.05) is 24.3 Å². The van der Waals surface area contributed by atoms with Gasteiger partial charge in [-0.15, -0.1) is 0 Å². The molecular weight excluding hydrogens is 338 g/mol. The molecule has 0 aliphatic rings. The molecule has 1 N–H and O–H groups in total. The second kappa shape index (κ2) is 7.04. The Morgan fingerprint density at radius 2 is 2.06 bits per heavy atom. The Morgan fingerprint density at radius 3 is 2.62 bits per heavy atom. The number of hydrogen-bond acceptors (Lipinski definition) is 3. The van der Waals surface area contributed by atoms with Gasteiger partial charge < -0.3 is 10.1 Å². The summed E-state index contributed by atoms with van der Waals surface area (Å²) >= 11 is 6.62. The SMILES string of the molecule is COC(=O)C(Br)CNCc1ccc(Br)cc1. The van der Waals surface area contributed by atoms with Crippen LogP contribution in [0.5, 0.6) is 0 Å². The maximum absolute atomic E-state index is 11.1. The molecule has 0 saturated carbocycles. The van der Waals surface area contributed by atoms with Crippen LogP contribution in [-0.4, -0.2) is 24.5 Å². The second-order valence-electron chi connectivity index (χ2n) is 3.25. The van der Waals surface area contributed by atoms with Crippen molar-refractivity contribution in [1.82, 2.24) is 5.32 Å². The summed E-state index contributed by atoms with van der Waals surface area (Å²) in [6.07, 6.45) is 0. The molecule has 1 rings (SSSR count). The monoisotopic (exact) mass is 349 g/mol. The van der Waals surface area contributed by atoms with Gasteiger partial charge in [0, 0.05) is 17.6 Å². The highest BCUT2D eigenvalue weighted by Gasteiger charge is 2.13. The summed E-state index contributed by atoms with van der Waals surface area (Å²) in [6, 6.07) is 8.03. The number of ether oxygens (including phenoxy) is 1. The maximum atomic E-state index is 11.1. The smallest absolute Gasteiger partial charge is 0.320 e. The average Bonchev–Trinajstić information content (AvgIpc) is 2.30. The number of carbonyl (C=O) groups is 1. The molecule has 0 saturated heterocycles. The van der Waals surface area contributed by atoms with E-state index >= 15 is 0 Å². The number of rotatable bonds is 5. The first-order valence-electron chi connectivity index (χ1n) is 4.80. The van der Waals surface area contributed by atoms with Crippen LogP contribution in [0, 0.1) is 0 Å². The second-order valence-corrected chi connectivity index (χ2v) is 5.27. The average molecular weight is 351 g/mol. The lowest BCUT2D eigenvalue weighted by Crippen LogP contribution is -2.29. The highest BCUT2D eigenvalue weighted by atomic mass is 79.9. The standard InChI is InChI=1S/C11H13Br2NO2/c1-16-11(15)10(13)7-14-6-8-2-4-9(12)5-3-8/h2-5,10,14H,6-7H2,1H3. The molecule has 3 nitrogen and oxygen atoms in total. The van der Waals surface area contributed by atoms with Crippen LogP contribution in [0.15, 0.2) is 28.7 Å². The fraction of sp³-hybridized carbons (Fsp3) is 0.364. The van der Waals surface area contributed by atoms with Crippen LogP contribution in [0.3, 0.4) is 0 Å². The minimum atomic E-state index is -0.298. The highest BCUT2D eigenvalue weighted by molar-refractivity contribution is 9.10. The molecule has 0 spiro atoms. The third kappa shape index (κ3) is 4.63. The fourth-order valence-corrected chi connectivity index (χ4v) is 1.84. The van der Waals surface area contributed by atoms with Gasteiger partial charge in [0.25, 0.3) is 0 Å². The van der Waals surface area contributed by atoms with Crippen molar-refractivity contribution >= 4 is 37.8 Å². The Labute approximate surface area is 112 Å². The number of esters is 1. The van der Waals surface area contributed by atoms with Crippen molar-refractivity contribution in [1.29, 1.82) is 0 Å². The zero-order valence-electron chi connectivity index (χ0n) is 8.87. The van der Waals surface area contributed by atoms with Gasteiger partial charge >= 0.3 is 5.97 Å². The zero-order chi connectivity index (χ0) is 12.0. The molecule has 1 unspecified atom stereocenters. The van der Waals surface area contributed by atoms with E-state index in [0.29, 0.717) is 6.54 Å². The Balaban J connectivity index is 2.30. The summed E-state index contributed by atoms with van der Waals surface area (Å²) in [5.74, 6) is -0.261. The number of methoxy groups -OCH3 is 1. The Kier molecular flexibility index (Phi) is 6.01. The van der Waals surface area contributed by atoms with E-state index in [-0.39, 0.29) is 10.8 Å². The van der Waals surface area contributed by atoms with Gasteiger partial charge in [-0.3, -0.25) is 4.79 Å². The number of nitrogens with one attached hydrogen (secondary N) is 1. The normalized spacial score (nSPS) is 12.2. The predicted molar refractivity (Wildman–Crippen MR) is 70.6 cm³/mol. The highest BCUT2D eigenvalue weighted by Crippen LogP contribution is 2.10. The number of carbonyl (C=O) groups excluding carboxylic acids is 1. The molecule has 1 atom stereocenters. The molecule has 0 fully saturated rings. The van der Waals surface area contributed by atoms with Gasteiger partial charge in [0.1, 0.15) is 4.83 Å². The van der Waals surface area contributed by atoms with Crippen LogP contribution in [0.4, 0.5) is 0 Å². The van der Waals surface area contributed by atoms with Crippen molar-refractivity contribution in [2.45, 2.75) is 11.4 Å². The van der Waals surface area contributed by atoms with Crippen LogP contribution in [0.25, 0.3) is 0 Å². The third-order valence-corrected chi connectivity index (χ3v) is 3.25. The third-order valence-electron chi connectivity index (χ3n) is 2.02. The quantitative estimate of drug-likeness (QED) is 0.655. The van der Waals surface area contributed by atoms with E-state index in [4.69, 9.17) is 0 Å². The topological polar surface area (TPSA) is 38.3 Å². The van der Waals surface area contributed by atoms with E-state index in [0.717, 1.165) is 11.0 Å². The molecule has 0 aliphatic carbocycles. The van der Waals surface area contributed by atoms with Crippen molar-refractivity contribution in [2.24, 2.45) is 0 Å². The number of alkyl halides is 1. The van der Waals surface area contributed by atoms with Crippen LogP contribution < -0.4 is 5.32 Å². The summed E-state index contributed by atoms with van der Waals surface area (Å²) < 4.78 is 5.66. The first-order chi connectivity index (χ1) is 7.63. The lowest BCUT2D eigenvalue weighted by atomic mass is 10.2. The molecule has 0 aliphatic heterocycles. The molecule has 16 heavy (non-hydrogen) atoms. The maximum Gasteiger partial charge on any atom is 0.320 e. The molecule has 5 heteroatoms. The summed E-state index contributed by atoms with van der Waals surface area (Å²) in [4.78, 5) is 10.8. The number of halogens is 2. The Morgan fingerprint density at radius 1 is 1.44 bits per heavy atom. The summed E-state index contributed by atoms with van der Waals surface area (Å²) in [7, 11) is 1.38. The van der Waals surface area contributed by atoms with Gasteiger partial charge in [-0.05, 0) is 17.7 Å². The van der Waals surface area contributed by atoms with E-state index in [2.05, 4.69) is 41.9 Å². The molecule has 88 valence electrons. The van der Waals surface area contributed by atoms with Crippen LogP contribution in [0.1, 0.15) is 5.56 Å². The van der Waals surface area contributed by atoms with Gasteiger partial charge in [0.2, 0.25) is 0 Å². The Hall–Kier alpha value is -0.390. The number of benzene rings is 1. The van der Waals surface area contributed by atoms with Crippen LogP contribution in [-0.2, 0) is 16.1 Å². The lowest BCUT2D eigenvalue weighted by Gasteiger charge is -2.09. The predicted octanol–water partition coefficient (Wildman–Crippen LogP) is 2.48. The molecule has 0 radical (unpaired) electrons. The molecule has 0 aromatic heterocycles. The van der Waals surface area contributed by atoms with Crippen LogP contribution in [0.2, 0.25) is 0 Å². The first kappa shape index (κ1) is 13.7. The van der Waals surface area contributed by atoms with Crippen LogP contribution >= 0.6 is 31.9 Å². The van der Waals surface area contributed by atoms with Gasteiger partial charge in [-0.2, -0.15) is 0 Å². The first-order valence-corrected chi connectivity index (χ1v) is 6.51. The lowest BCUT2D eigenvalue weighted by molar-refractivity contribution is -0.139. The summed E-state index contributed by atoms with van der Waals surface area (Å²) in [6.45, 7) is 1.27. The molecule has 1 aromatic carbocycles. The van der Waals surface area contributed by atoms with E-state index in [1.54, 1.807) is 0 Å².